The maximum absolute atomic E-state index is 14.8. The van der Waals surface area contributed by atoms with Gasteiger partial charge in [-0.2, -0.15) is 13.5 Å². The average Bonchev–Trinajstić information content (AvgIpc) is 3.26. The number of nitrogens with one attached hydrogen (secondary N) is 1. The molecule has 3 heterocycles. The van der Waals surface area contributed by atoms with Crippen LogP contribution in [0.1, 0.15) is 29.4 Å². The number of aromatic nitrogens is 3. The molecular formula is C22H18F5N5O3. The average molecular weight is 495 g/mol. The molecule has 0 aliphatic carbocycles. The number of hydrogen-bond acceptors (Lipinski definition) is 5. The molecule has 1 aliphatic heterocycles. The normalized spacial score (nSPS) is 15.2. The zero-order valence-electron chi connectivity index (χ0n) is 17.9. The fourth-order valence-electron chi connectivity index (χ4n) is 3.90. The van der Waals surface area contributed by atoms with Gasteiger partial charge >= 0.3 is 5.92 Å². The van der Waals surface area contributed by atoms with E-state index in [-0.39, 0.29) is 17.6 Å². The summed E-state index contributed by atoms with van der Waals surface area (Å²) in [6.45, 7) is -2.28. The molecule has 184 valence electrons. The maximum Gasteiger partial charge on any atom is 0.345 e. The molecular weight excluding hydrogens is 477 g/mol. The lowest BCUT2D eigenvalue weighted by atomic mass is 10.1. The van der Waals surface area contributed by atoms with Crippen molar-refractivity contribution in [3.8, 4) is 0 Å². The fourth-order valence-corrected chi connectivity index (χ4v) is 3.90. The van der Waals surface area contributed by atoms with E-state index >= 15 is 0 Å². The van der Waals surface area contributed by atoms with Gasteiger partial charge in [0, 0.05) is 29.6 Å². The quantitative estimate of drug-likeness (QED) is 0.178. The molecule has 1 aliphatic rings. The number of carbonyl (C=O) groups is 1. The number of rotatable bonds is 7. The van der Waals surface area contributed by atoms with Crippen molar-refractivity contribution in [2.45, 2.75) is 31.4 Å². The Hall–Kier alpha value is -3.87. The van der Waals surface area contributed by atoms with Crippen LogP contribution in [-0.4, -0.2) is 27.0 Å². The van der Waals surface area contributed by atoms with E-state index in [9.17, 15) is 36.7 Å². The predicted octanol–water partition coefficient (Wildman–Crippen LogP) is 2.11. The van der Waals surface area contributed by atoms with Crippen LogP contribution in [0.5, 0.6) is 0 Å². The van der Waals surface area contributed by atoms with Crippen LogP contribution in [0, 0.1) is 22.7 Å². The molecule has 4 rings (SSSR count). The second kappa shape index (κ2) is 9.41. The van der Waals surface area contributed by atoms with Crippen LogP contribution in [0.2, 0.25) is 0 Å². The third-order valence-corrected chi connectivity index (χ3v) is 5.64. The van der Waals surface area contributed by atoms with Gasteiger partial charge in [-0.15, -0.1) is 0 Å². The Morgan fingerprint density at radius 3 is 2.69 bits per heavy atom. The molecule has 0 saturated heterocycles. The number of fused-ring (bicyclic) bond motifs is 1. The molecule has 0 bridgehead atoms. The Morgan fingerprint density at radius 2 is 1.94 bits per heavy atom. The molecule has 2 aromatic heterocycles. The van der Waals surface area contributed by atoms with Gasteiger partial charge in [0.25, 0.3) is 17.2 Å². The highest BCUT2D eigenvalue weighted by Crippen LogP contribution is 2.28. The van der Waals surface area contributed by atoms with Gasteiger partial charge in [-0.1, -0.05) is 0 Å². The van der Waals surface area contributed by atoms with Crippen molar-refractivity contribution in [2.75, 3.05) is 6.54 Å². The van der Waals surface area contributed by atoms with Gasteiger partial charge in [0.05, 0.1) is 19.3 Å². The molecule has 8 nitrogen and oxygen atoms in total. The first-order chi connectivity index (χ1) is 16.6. The first-order valence-corrected chi connectivity index (χ1v) is 10.4. The summed E-state index contributed by atoms with van der Waals surface area (Å²) in [7, 11) is 0. The lowest BCUT2D eigenvalue weighted by Gasteiger charge is -2.29. The number of halogens is 5. The van der Waals surface area contributed by atoms with Gasteiger partial charge in [0.2, 0.25) is 0 Å². The fraction of sp³-hybridized carbons (Fsp3) is 0.273. The van der Waals surface area contributed by atoms with Gasteiger partial charge < -0.3 is 5.21 Å². The summed E-state index contributed by atoms with van der Waals surface area (Å²) >= 11 is 0. The number of alkyl halides is 2. The highest BCUT2D eigenvalue weighted by Gasteiger charge is 2.41. The van der Waals surface area contributed by atoms with E-state index in [1.807, 2.05) is 0 Å². The SMILES string of the molecule is O=C(C1CCc2cncc(=O)n21)N(Cc1c(F)ccc(F)c1F)NCC(F)(F)c1cccc[n+]1[O-]. The monoisotopic (exact) mass is 495 g/mol. The van der Waals surface area contributed by atoms with Crippen LogP contribution in [0.15, 0.2) is 53.7 Å². The molecule has 1 amide bonds. The minimum atomic E-state index is -3.81. The number of benzene rings is 1. The van der Waals surface area contributed by atoms with Crippen molar-refractivity contribution in [3.05, 3.63) is 98.9 Å². The van der Waals surface area contributed by atoms with Crippen molar-refractivity contribution < 1.29 is 31.5 Å². The Morgan fingerprint density at radius 1 is 1.20 bits per heavy atom. The van der Waals surface area contributed by atoms with Gasteiger partial charge in [-0.25, -0.2) is 18.6 Å². The molecule has 13 heteroatoms. The predicted molar refractivity (Wildman–Crippen MR) is 110 cm³/mol. The first kappa shape index (κ1) is 24.3. The van der Waals surface area contributed by atoms with Crippen LogP contribution in [0.3, 0.4) is 0 Å². The Balaban J connectivity index is 1.67. The number of nitrogens with zero attached hydrogens (tertiary/aromatic N) is 4. The highest BCUT2D eigenvalue weighted by atomic mass is 19.3. The van der Waals surface area contributed by atoms with Gasteiger partial charge in [-0.3, -0.25) is 24.1 Å². The third kappa shape index (κ3) is 4.71. The zero-order chi connectivity index (χ0) is 25.3. The van der Waals surface area contributed by atoms with Crippen molar-refractivity contribution in [2.24, 2.45) is 0 Å². The van der Waals surface area contributed by atoms with Crippen LogP contribution in [0.4, 0.5) is 22.0 Å². The highest BCUT2D eigenvalue weighted by molar-refractivity contribution is 5.80. The molecule has 0 saturated carbocycles. The van der Waals surface area contributed by atoms with E-state index in [0.29, 0.717) is 22.8 Å². The van der Waals surface area contributed by atoms with Crippen molar-refractivity contribution in [3.63, 3.8) is 0 Å². The van der Waals surface area contributed by atoms with Crippen LogP contribution >= 0.6 is 0 Å². The van der Waals surface area contributed by atoms with E-state index in [1.54, 1.807) is 0 Å². The largest absolute Gasteiger partial charge is 0.618 e. The molecule has 0 spiro atoms. The van der Waals surface area contributed by atoms with Crippen molar-refractivity contribution in [1.29, 1.82) is 0 Å². The number of hydrogen-bond donors (Lipinski definition) is 1. The molecule has 35 heavy (non-hydrogen) atoms. The number of aryl methyl sites for hydroxylation is 1. The summed E-state index contributed by atoms with van der Waals surface area (Å²) in [6, 6.07) is 3.35. The van der Waals surface area contributed by atoms with E-state index in [0.717, 1.165) is 23.0 Å². The van der Waals surface area contributed by atoms with Crippen LogP contribution in [-0.2, 0) is 23.7 Å². The van der Waals surface area contributed by atoms with E-state index in [1.165, 1.54) is 18.3 Å². The third-order valence-electron chi connectivity index (χ3n) is 5.64. The second-order valence-corrected chi connectivity index (χ2v) is 7.86. The maximum atomic E-state index is 14.8. The van der Waals surface area contributed by atoms with Crippen LogP contribution in [0.25, 0.3) is 0 Å². The van der Waals surface area contributed by atoms with Crippen molar-refractivity contribution >= 4 is 5.91 Å². The molecule has 1 atom stereocenters. The van der Waals surface area contributed by atoms with Gasteiger partial charge in [0.1, 0.15) is 11.9 Å². The van der Waals surface area contributed by atoms with E-state index in [2.05, 4.69) is 10.4 Å². The van der Waals surface area contributed by atoms with Crippen LogP contribution < -0.4 is 15.7 Å². The standard InChI is InChI=1S/C22H18F5N5O3/c23-15-5-6-16(24)20(25)14(15)11-30(29-12-22(26,27)18-3-1-2-8-31(18)35)21(34)17-7-4-13-9-28-10-19(33)32(13)17/h1-3,5-6,8-10,17,29H,4,7,11-12H2. The lowest BCUT2D eigenvalue weighted by molar-refractivity contribution is -0.624. The van der Waals surface area contributed by atoms with E-state index in [4.69, 9.17) is 0 Å². The molecule has 3 aromatic rings. The van der Waals surface area contributed by atoms with Gasteiger partial charge in [0.15, 0.2) is 17.8 Å². The lowest BCUT2D eigenvalue weighted by Crippen LogP contribution is -2.51. The Labute approximate surface area is 194 Å². The minimum Gasteiger partial charge on any atom is -0.618 e. The van der Waals surface area contributed by atoms with E-state index < -0.39 is 65.2 Å². The summed E-state index contributed by atoms with van der Waals surface area (Å²) in [5.41, 5.74) is 0.110. The van der Waals surface area contributed by atoms with Gasteiger partial charge in [-0.05, 0) is 31.0 Å². The Bertz CT molecular complexity index is 1330. The smallest absolute Gasteiger partial charge is 0.345 e. The first-order valence-electron chi connectivity index (χ1n) is 10.4. The molecule has 1 unspecified atom stereocenters. The number of carbonyl (C=O) groups excluding carboxylic acids is 1. The summed E-state index contributed by atoms with van der Waals surface area (Å²) in [4.78, 5) is 29.4. The number of hydrazine groups is 1. The molecule has 0 radical (unpaired) electrons. The zero-order valence-corrected chi connectivity index (χ0v) is 17.9. The Kier molecular flexibility index (Phi) is 6.52. The van der Waals surface area contributed by atoms with Crippen molar-refractivity contribution in [1.82, 2.24) is 20.0 Å². The summed E-state index contributed by atoms with van der Waals surface area (Å²) < 4.78 is 73.0. The summed E-state index contributed by atoms with van der Waals surface area (Å²) in [6.07, 6.45) is 3.57. The molecule has 1 N–H and O–H groups in total. The topological polar surface area (TPSA) is 94.2 Å². The minimum absolute atomic E-state index is 0.0560. The second-order valence-electron chi connectivity index (χ2n) is 7.86. The summed E-state index contributed by atoms with van der Waals surface area (Å²) in [5.74, 6) is -8.97. The number of pyridine rings is 1. The molecule has 0 fully saturated rings. The number of amides is 1. The summed E-state index contributed by atoms with van der Waals surface area (Å²) in [5, 5.41) is 12.3. The molecule has 1 aromatic carbocycles.